The van der Waals surface area contributed by atoms with Crippen LogP contribution in [0.5, 0.6) is 0 Å². The SMILES string of the molecule is CCNCc1ccc2ccn(CC(N)=O)c2c1. The number of carbonyl (C=O) groups is 1. The Balaban J connectivity index is 2.32. The molecule has 0 unspecified atom stereocenters. The van der Waals surface area contributed by atoms with Crippen LogP contribution in [-0.4, -0.2) is 17.0 Å². The molecule has 1 aromatic carbocycles. The van der Waals surface area contributed by atoms with E-state index in [2.05, 4.69) is 30.4 Å². The van der Waals surface area contributed by atoms with Crippen molar-refractivity contribution in [3.8, 4) is 0 Å². The third-order valence-electron chi connectivity index (χ3n) is 2.74. The van der Waals surface area contributed by atoms with Gasteiger partial charge >= 0.3 is 0 Å². The zero-order chi connectivity index (χ0) is 12.3. The highest BCUT2D eigenvalue weighted by atomic mass is 16.1. The summed E-state index contributed by atoms with van der Waals surface area (Å²) in [6, 6.07) is 8.26. The first kappa shape index (κ1) is 11.7. The van der Waals surface area contributed by atoms with Crippen LogP contribution in [0.1, 0.15) is 12.5 Å². The summed E-state index contributed by atoms with van der Waals surface area (Å²) >= 11 is 0. The molecule has 0 fully saturated rings. The second-order valence-corrected chi connectivity index (χ2v) is 4.08. The van der Waals surface area contributed by atoms with Gasteiger partial charge in [0, 0.05) is 18.3 Å². The van der Waals surface area contributed by atoms with Gasteiger partial charge in [-0.05, 0) is 29.6 Å². The summed E-state index contributed by atoms with van der Waals surface area (Å²) in [6.07, 6.45) is 1.90. The highest BCUT2D eigenvalue weighted by Crippen LogP contribution is 2.17. The molecule has 0 saturated heterocycles. The molecule has 0 spiro atoms. The molecule has 0 radical (unpaired) electrons. The van der Waals surface area contributed by atoms with Crippen LogP contribution in [0, 0.1) is 0 Å². The zero-order valence-electron chi connectivity index (χ0n) is 9.94. The van der Waals surface area contributed by atoms with Gasteiger partial charge in [-0.2, -0.15) is 0 Å². The number of fused-ring (bicyclic) bond motifs is 1. The van der Waals surface area contributed by atoms with E-state index < -0.39 is 0 Å². The van der Waals surface area contributed by atoms with Crippen molar-refractivity contribution in [2.75, 3.05) is 6.54 Å². The number of amides is 1. The van der Waals surface area contributed by atoms with Crippen LogP contribution in [0.15, 0.2) is 30.5 Å². The van der Waals surface area contributed by atoms with E-state index in [1.54, 1.807) is 0 Å². The second-order valence-electron chi connectivity index (χ2n) is 4.08. The molecule has 1 aromatic heterocycles. The minimum absolute atomic E-state index is 0.230. The largest absolute Gasteiger partial charge is 0.368 e. The summed E-state index contributed by atoms with van der Waals surface area (Å²) in [6.45, 7) is 4.09. The Kier molecular flexibility index (Phi) is 3.44. The number of hydrogen-bond donors (Lipinski definition) is 2. The summed E-state index contributed by atoms with van der Waals surface area (Å²) < 4.78 is 1.88. The van der Waals surface area contributed by atoms with Crippen LogP contribution in [0.25, 0.3) is 10.9 Å². The maximum absolute atomic E-state index is 11.0. The lowest BCUT2D eigenvalue weighted by Crippen LogP contribution is -2.18. The molecule has 0 saturated carbocycles. The average molecular weight is 231 g/mol. The van der Waals surface area contributed by atoms with Gasteiger partial charge in [0.25, 0.3) is 0 Å². The van der Waals surface area contributed by atoms with Crippen molar-refractivity contribution in [1.29, 1.82) is 0 Å². The maximum Gasteiger partial charge on any atom is 0.237 e. The van der Waals surface area contributed by atoms with Crippen LogP contribution >= 0.6 is 0 Å². The molecule has 0 aliphatic carbocycles. The van der Waals surface area contributed by atoms with E-state index in [1.807, 2.05) is 16.8 Å². The van der Waals surface area contributed by atoms with Gasteiger partial charge in [-0.3, -0.25) is 4.79 Å². The van der Waals surface area contributed by atoms with Gasteiger partial charge in [-0.15, -0.1) is 0 Å². The van der Waals surface area contributed by atoms with Gasteiger partial charge in [0.2, 0.25) is 5.91 Å². The van der Waals surface area contributed by atoms with Gasteiger partial charge in [-0.1, -0.05) is 19.1 Å². The molecule has 0 bridgehead atoms. The summed E-state index contributed by atoms with van der Waals surface area (Å²) in [7, 11) is 0. The molecule has 90 valence electrons. The Bertz CT molecular complexity index is 530. The molecule has 1 amide bonds. The van der Waals surface area contributed by atoms with Crippen molar-refractivity contribution in [2.45, 2.75) is 20.0 Å². The fraction of sp³-hybridized carbons (Fsp3) is 0.308. The number of aromatic nitrogens is 1. The van der Waals surface area contributed by atoms with Crippen LogP contribution in [0.2, 0.25) is 0 Å². The van der Waals surface area contributed by atoms with Crippen molar-refractivity contribution in [3.05, 3.63) is 36.0 Å². The van der Waals surface area contributed by atoms with E-state index in [-0.39, 0.29) is 12.5 Å². The number of nitrogens with zero attached hydrogens (tertiary/aromatic N) is 1. The Labute approximate surface area is 100 Å². The summed E-state index contributed by atoms with van der Waals surface area (Å²) in [5, 5.41) is 4.41. The van der Waals surface area contributed by atoms with Gasteiger partial charge in [0.15, 0.2) is 0 Å². The van der Waals surface area contributed by atoms with Crippen molar-refractivity contribution >= 4 is 16.8 Å². The molecular weight excluding hydrogens is 214 g/mol. The average Bonchev–Trinajstić information content (AvgIpc) is 2.69. The highest BCUT2D eigenvalue weighted by Gasteiger charge is 2.04. The lowest BCUT2D eigenvalue weighted by molar-refractivity contribution is -0.118. The van der Waals surface area contributed by atoms with E-state index in [0.29, 0.717) is 0 Å². The third kappa shape index (κ3) is 2.65. The lowest BCUT2D eigenvalue weighted by atomic mass is 10.1. The number of nitrogens with one attached hydrogen (secondary N) is 1. The molecule has 3 N–H and O–H groups in total. The Hall–Kier alpha value is -1.81. The molecular formula is C13H17N3O. The maximum atomic E-state index is 11.0. The Morgan fingerprint density at radius 1 is 1.41 bits per heavy atom. The molecule has 1 heterocycles. The highest BCUT2D eigenvalue weighted by molar-refractivity contribution is 5.83. The van der Waals surface area contributed by atoms with Gasteiger partial charge in [-0.25, -0.2) is 0 Å². The number of primary amides is 1. The molecule has 0 aliphatic heterocycles. The minimum atomic E-state index is -0.320. The van der Waals surface area contributed by atoms with Crippen molar-refractivity contribution < 1.29 is 4.79 Å². The first-order valence-corrected chi connectivity index (χ1v) is 5.77. The molecule has 2 rings (SSSR count). The smallest absolute Gasteiger partial charge is 0.237 e. The summed E-state index contributed by atoms with van der Waals surface area (Å²) in [5.41, 5.74) is 7.49. The van der Waals surface area contributed by atoms with Crippen LogP contribution in [0.4, 0.5) is 0 Å². The first-order valence-electron chi connectivity index (χ1n) is 5.77. The van der Waals surface area contributed by atoms with E-state index in [9.17, 15) is 4.79 Å². The van der Waals surface area contributed by atoms with E-state index in [4.69, 9.17) is 5.73 Å². The molecule has 17 heavy (non-hydrogen) atoms. The van der Waals surface area contributed by atoms with Gasteiger partial charge in [0.05, 0.1) is 0 Å². The van der Waals surface area contributed by atoms with Crippen molar-refractivity contribution in [2.24, 2.45) is 5.73 Å². The molecule has 0 atom stereocenters. The first-order chi connectivity index (χ1) is 8.20. The van der Waals surface area contributed by atoms with Crippen molar-refractivity contribution in [1.82, 2.24) is 9.88 Å². The van der Waals surface area contributed by atoms with E-state index >= 15 is 0 Å². The molecule has 0 aliphatic rings. The predicted octanol–water partition coefficient (Wildman–Crippen LogP) is 1.24. The Morgan fingerprint density at radius 2 is 2.24 bits per heavy atom. The zero-order valence-corrected chi connectivity index (χ0v) is 9.94. The fourth-order valence-corrected chi connectivity index (χ4v) is 1.91. The fourth-order valence-electron chi connectivity index (χ4n) is 1.91. The van der Waals surface area contributed by atoms with E-state index in [1.165, 1.54) is 5.56 Å². The number of hydrogen-bond acceptors (Lipinski definition) is 2. The second kappa shape index (κ2) is 5.01. The normalized spacial score (nSPS) is 10.9. The lowest BCUT2D eigenvalue weighted by Gasteiger charge is -2.05. The summed E-state index contributed by atoms with van der Waals surface area (Å²) in [4.78, 5) is 11.0. The standard InChI is InChI=1S/C13H17N3O/c1-2-15-8-10-3-4-11-5-6-16(9-13(14)17)12(11)7-10/h3-7,15H,2,8-9H2,1H3,(H2,14,17). The molecule has 4 nitrogen and oxygen atoms in total. The summed E-state index contributed by atoms with van der Waals surface area (Å²) in [5.74, 6) is -0.320. The van der Waals surface area contributed by atoms with Crippen LogP contribution in [0.3, 0.4) is 0 Å². The number of rotatable bonds is 5. The number of carbonyl (C=O) groups excluding carboxylic acids is 1. The quantitative estimate of drug-likeness (QED) is 0.813. The topological polar surface area (TPSA) is 60.1 Å². The third-order valence-corrected chi connectivity index (χ3v) is 2.74. The number of benzene rings is 1. The van der Waals surface area contributed by atoms with Crippen LogP contribution < -0.4 is 11.1 Å². The van der Waals surface area contributed by atoms with Gasteiger partial charge < -0.3 is 15.6 Å². The van der Waals surface area contributed by atoms with Crippen LogP contribution in [-0.2, 0) is 17.9 Å². The minimum Gasteiger partial charge on any atom is -0.368 e. The monoisotopic (exact) mass is 231 g/mol. The Morgan fingerprint density at radius 3 is 2.94 bits per heavy atom. The van der Waals surface area contributed by atoms with E-state index in [0.717, 1.165) is 24.0 Å². The van der Waals surface area contributed by atoms with Gasteiger partial charge in [0.1, 0.15) is 6.54 Å². The molecule has 2 aromatic rings. The number of nitrogens with two attached hydrogens (primary N) is 1. The molecule has 4 heteroatoms. The predicted molar refractivity (Wildman–Crippen MR) is 68.5 cm³/mol. The van der Waals surface area contributed by atoms with Crippen molar-refractivity contribution in [3.63, 3.8) is 0 Å².